The van der Waals surface area contributed by atoms with Crippen LogP contribution in [0.1, 0.15) is 57.3 Å². The molecule has 1 heterocycles. The van der Waals surface area contributed by atoms with Gasteiger partial charge in [-0.2, -0.15) is 0 Å². The van der Waals surface area contributed by atoms with Gasteiger partial charge in [-0.3, -0.25) is 4.98 Å². The predicted octanol–water partition coefficient (Wildman–Crippen LogP) is 3.86. The number of hydrogen-bond acceptors (Lipinski definition) is 3. The maximum atomic E-state index is 4.53. The van der Waals surface area contributed by atoms with Gasteiger partial charge in [0.05, 0.1) is 17.6 Å². The minimum atomic E-state index is 0.538. The van der Waals surface area contributed by atoms with E-state index in [0.29, 0.717) is 6.04 Å². The van der Waals surface area contributed by atoms with Crippen LogP contribution in [-0.4, -0.2) is 16.0 Å². The van der Waals surface area contributed by atoms with Crippen LogP contribution >= 0.6 is 0 Å². The van der Waals surface area contributed by atoms with E-state index in [4.69, 9.17) is 0 Å². The zero-order valence-corrected chi connectivity index (χ0v) is 11.6. The Morgan fingerprint density at radius 3 is 2.47 bits per heavy atom. The van der Waals surface area contributed by atoms with Gasteiger partial charge in [0.15, 0.2) is 0 Å². The first kappa shape index (κ1) is 13.9. The molecule has 0 saturated carbocycles. The van der Waals surface area contributed by atoms with E-state index in [2.05, 4.69) is 29.1 Å². The van der Waals surface area contributed by atoms with Crippen LogP contribution in [0, 0.1) is 13.8 Å². The van der Waals surface area contributed by atoms with E-state index in [-0.39, 0.29) is 0 Å². The molecule has 1 aromatic heterocycles. The number of rotatable bonds is 7. The first-order valence-electron chi connectivity index (χ1n) is 6.74. The van der Waals surface area contributed by atoms with Gasteiger partial charge in [0.25, 0.3) is 0 Å². The van der Waals surface area contributed by atoms with Crippen LogP contribution in [0.25, 0.3) is 0 Å². The highest BCUT2D eigenvalue weighted by Gasteiger charge is 2.08. The van der Waals surface area contributed by atoms with Crippen LogP contribution in [0.15, 0.2) is 6.20 Å². The van der Waals surface area contributed by atoms with Crippen molar-refractivity contribution in [3.8, 4) is 0 Å². The van der Waals surface area contributed by atoms with Crippen molar-refractivity contribution in [2.75, 3.05) is 5.32 Å². The molecule has 1 atom stereocenters. The average molecular weight is 235 g/mol. The molecule has 1 rings (SSSR count). The van der Waals surface area contributed by atoms with Crippen LogP contribution in [0.3, 0.4) is 0 Å². The summed E-state index contributed by atoms with van der Waals surface area (Å²) in [6.07, 6.45) is 8.00. The maximum absolute atomic E-state index is 4.53. The zero-order valence-electron chi connectivity index (χ0n) is 11.6. The summed E-state index contributed by atoms with van der Waals surface area (Å²) < 4.78 is 0. The molecule has 0 amide bonds. The number of nitrogens with zero attached hydrogens (tertiary/aromatic N) is 2. The molecule has 0 saturated heterocycles. The molecular weight excluding hydrogens is 210 g/mol. The Kier molecular flexibility index (Phi) is 5.95. The molecule has 0 bridgehead atoms. The maximum Gasteiger partial charge on any atom is 0.145 e. The Balaban J connectivity index is 2.61. The Morgan fingerprint density at radius 2 is 1.88 bits per heavy atom. The van der Waals surface area contributed by atoms with Gasteiger partial charge in [0.1, 0.15) is 5.82 Å². The van der Waals surface area contributed by atoms with Crippen molar-refractivity contribution in [2.45, 2.75) is 65.8 Å². The van der Waals surface area contributed by atoms with Crippen LogP contribution in [0.4, 0.5) is 5.82 Å². The number of hydrogen-bond donors (Lipinski definition) is 1. The lowest BCUT2D eigenvalue weighted by Crippen LogP contribution is -2.20. The van der Waals surface area contributed by atoms with Gasteiger partial charge in [0, 0.05) is 6.04 Å². The fourth-order valence-corrected chi connectivity index (χ4v) is 1.91. The number of unbranched alkanes of at least 4 members (excludes halogenated alkanes) is 1. The minimum Gasteiger partial charge on any atom is -0.366 e. The zero-order chi connectivity index (χ0) is 12.7. The van der Waals surface area contributed by atoms with Crippen LogP contribution in [0.5, 0.6) is 0 Å². The number of aromatic nitrogens is 2. The highest BCUT2D eigenvalue weighted by molar-refractivity contribution is 5.34. The summed E-state index contributed by atoms with van der Waals surface area (Å²) in [5.74, 6) is 0.919. The summed E-state index contributed by atoms with van der Waals surface area (Å²) in [6, 6.07) is 0.538. The Hall–Kier alpha value is -1.12. The quantitative estimate of drug-likeness (QED) is 0.779. The standard InChI is InChI=1S/C14H25N3/c1-5-7-9-13(8-6-2)17-14-10-15-11(3)12(4)16-14/h10,13H,5-9H2,1-4H3,(H,16,17). The summed E-state index contributed by atoms with van der Waals surface area (Å²) >= 11 is 0. The largest absolute Gasteiger partial charge is 0.366 e. The average Bonchev–Trinajstić information content (AvgIpc) is 2.31. The molecule has 1 N–H and O–H groups in total. The monoisotopic (exact) mass is 235 g/mol. The number of anilines is 1. The minimum absolute atomic E-state index is 0.538. The summed E-state index contributed by atoms with van der Waals surface area (Å²) in [4.78, 5) is 8.88. The summed E-state index contributed by atoms with van der Waals surface area (Å²) in [6.45, 7) is 8.46. The third-order valence-electron chi connectivity index (χ3n) is 3.09. The predicted molar refractivity (Wildman–Crippen MR) is 73.3 cm³/mol. The summed E-state index contributed by atoms with van der Waals surface area (Å²) in [7, 11) is 0. The van der Waals surface area contributed by atoms with E-state index in [0.717, 1.165) is 17.2 Å². The molecule has 0 aliphatic rings. The van der Waals surface area contributed by atoms with E-state index >= 15 is 0 Å². The summed E-state index contributed by atoms with van der Waals surface area (Å²) in [5, 5.41) is 3.51. The lowest BCUT2D eigenvalue weighted by atomic mass is 10.1. The fraction of sp³-hybridized carbons (Fsp3) is 0.714. The SMILES string of the molecule is CCCCC(CCC)Nc1cnc(C)c(C)n1. The van der Waals surface area contributed by atoms with E-state index in [1.165, 1.54) is 32.1 Å². The van der Waals surface area contributed by atoms with Crippen molar-refractivity contribution in [1.82, 2.24) is 9.97 Å². The molecule has 0 radical (unpaired) electrons. The number of aryl methyl sites for hydroxylation is 2. The van der Waals surface area contributed by atoms with Gasteiger partial charge in [-0.05, 0) is 26.7 Å². The third kappa shape index (κ3) is 4.72. The second-order valence-corrected chi connectivity index (χ2v) is 4.70. The smallest absolute Gasteiger partial charge is 0.145 e. The first-order chi connectivity index (χ1) is 8.17. The van der Waals surface area contributed by atoms with E-state index in [1.807, 2.05) is 20.0 Å². The molecule has 0 fully saturated rings. The second kappa shape index (κ2) is 7.25. The van der Waals surface area contributed by atoms with E-state index in [1.54, 1.807) is 0 Å². The first-order valence-corrected chi connectivity index (χ1v) is 6.74. The van der Waals surface area contributed by atoms with Crippen molar-refractivity contribution >= 4 is 5.82 Å². The van der Waals surface area contributed by atoms with Crippen molar-refractivity contribution in [1.29, 1.82) is 0 Å². The molecule has 3 nitrogen and oxygen atoms in total. The number of nitrogens with one attached hydrogen (secondary N) is 1. The molecule has 0 aliphatic carbocycles. The third-order valence-corrected chi connectivity index (χ3v) is 3.09. The molecule has 0 aliphatic heterocycles. The molecule has 96 valence electrons. The van der Waals surface area contributed by atoms with Crippen molar-refractivity contribution < 1.29 is 0 Å². The molecule has 0 aromatic carbocycles. The van der Waals surface area contributed by atoms with Crippen molar-refractivity contribution in [2.24, 2.45) is 0 Å². The lowest BCUT2D eigenvalue weighted by molar-refractivity contribution is 0.562. The van der Waals surface area contributed by atoms with Crippen molar-refractivity contribution in [3.05, 3.63) is 17.6 Å². The van der Waals surface area contributed by atoms with Gasteiger partial charge in [-0.1, -0.05) is 33.1 Å². The Labute approximate surface area is 105 Å². The highest BCUT2D eigenvalue weighted by Crippen LogP contribution is 2.13. The molecule has 1 unspecified atom stereocenters. The van der Waals surface area contributed by atoms with Crippen LogP contribution < -0.4 is 5.32 Å². The van der Waals surface area contributed by atoms with Gasteiger partial charge < -0.3 is 5.32 Å². The van der Waals surface area contributed by atoms with E-state index in [9.17, 15) is 0 Å². The van der Waals surface area contributed by atoms with Gasteiger partial charge in [0.2, 0.25) is 0 Å². The molecule has 0 spiro atoms. The molecule has 17 heavy (non-hydrogen) atoms. The topological polar surface area (TPSA) is 37.8 Å². The lowest BCUT2D eigenvalue weighted by Gasteiger charge is -2.18. The Bertz CT molecular complexity index is 336. The molecule has 1 aromatic rings. The van der Waals surface area contributed by atoms with Crippen LogP contribution in [-0.2, 0) is 0 Å². The van der Waals surface area contributed by atoms with Gasteiger partial charge in [-0.15, -0.1) is 0 Å². The fourth-order valence-electron chi connectivity index (χ4n) is 1.91. The van der Waals surface area contributed by atoms with Crippen LogP contribution in [0.2, 0.25) is 0 Å². The highest BCUT2D eigenvalue weighted by atomic mass is 15.0. The van der Waals surface area contributed by atoms with Gasteiger partial charge >= 0.3 is 0 Å². The molecular formula is C14H25N3. The van der Waals surface area contributed by atoms with Crippen molar-refractivity contribution in [3.63, 3.8) is 0 Å². The van der Waals surface area contributed by atoms with E-state index < -0.39 is 0 Å². The molecule has 3 heteroatoms. The second-order valence-electron chi connectivity index (χ2n) is 4.70. The van der Waals surface area contributed by atoms with Gasteiger partial charge in [-0.25, -0.2) is 4.98 Å². The normalized spacial score (nSPS) is 12.5. The summed E-state index contributed by atoms with van der Waals surface area (Å²) in [5.41, 5.74) is 2.02. The Morgan fingerprint density at radius 1 is 1.12 bits per heavy atom.